The van der Waals surface area contributed by atoms with E-state index in [0.717, 1.165) is 0 Å². The molecular weight excluding hydrogens is 362 g/mol. The van der Waals surface area contributed by atoms with Gasteiger partial charge in [0.1, 0.15) is 30.3 Å². The lowest BCUT2D eigenvalue weighted by Gasteiger charge is -2.24. The molecule has 2 aromatic carbocycles. The van der Waals surface area contributed by atoms with Crippen molar-refractivity contribution in [3.05, 3.63) is 72.3 Å². The topological polar surface area (TPSA) is 108 Å². The zero-order valence-corrected chi connectivity index (χ0v) is 15.4. The van der Waals surface area contributed by atoms with Gasteiger partial charge in [0, 0.05) is 6.08 Å². The van der Waals surface area contributed by atoms with Crippen LogP contribution in [0.4, 0.5) is 0 Å². The molecule has 0 radical (unpaired) electrons. The van der Waals surface area contributed by atoms with E-state index in [1.54, 1.807) is 42.5 Å². The first-order valence-electron chi connectivity index (χ1n) is 8.98. The van der Waals surface area contributed by atoms with Crippen LogP contribution in [0.15, 0.2) is 66.7 Å². The van der Waals surface area contributed by atoms with Crippen molar-refractivity contribution in [2.75, 3.05) is 13.2 Å². The summed E-state index contributed by atoms with van der Waals surface area (Å²) in [6, 6.07) is 16.1. The minimum Gasteiger partial charge on any atom is -0.491 e. The van der Waals surface area contributed by atoms with Gasteiger partial charge in [-0.05, 0) is 42.7 Å². The fourth-order valence-electron chi connectivity index (χ4n) is 2.61. The van der Waals surface area contributed by atoms with Gasteiger partial charge in [-0.15, -0.1) is 0 Å². The summed E-state index contributed by atoms with van der Waals surface area (Å²) in [4.78, 5) is 11.1. The molecule has 0 spiro atoms. The molecule has 2 aromatic rings. The van der Waals surface area contributed by atoms with Crippen molar-refractivity contribution in [1.82, 2.24) is 5.48 Å². The fourth-order valence-corrected chi connectivity index (χ4v) is 2.61. The smallest absolute Gasteiger partial charge is 0.267 e. The second-order valence-electron chi connectivity index (χ2n) is 6.01. The summed E-state index contributed by atoms with van der Waals surface area (Å²) in [6.45, 7) is 0.0709. The summed E-state index contributed by atoms with van der Waals surface area (Å²) >= 11 is 0. The monoisotopic (exact) mass is 387 g/mol. The number of hydrogen-bond acceptors (Lipinski definition) is 6. The number of aliphatic hydroxyl groups excluding tert-OH is 2. The number of nitrogens with one attached hydrogen (secondary N) is 1. The quantitative estimate of drug-likeness (QED) is 0.268. The number of allylic oxidation sites excluding steroid dienone is 1. The molecule has 4 N–H and O–H groups in total. The number of carbonyl (C=O) groups is 1. The number of hydrogen-bond donors (Lipinski definition) is 4. The fraction of sp³-hybridized carbons (Fsp3) is 0.286. The van der Waals surface area contributed by atoms with Crippen LogP contribution < -0.4 is 15.0 Å². The highest BCUT2D eigenvalue weighted by Crippen LogP contribution is 2.27. The molecule has 0 unspecified atom stereocenters. The average molecular weight is 387 g/mol. The summed E-state index contributed by atoms with van der Waals surface area (Å²) < 4.78 is 11.4. The highest BCUT2D eigenvalue weighted by Gasteiger charge is 2.23. The van der Waals surface area contributed by atoms with Crippen molar-refractivity contribution in [3.8, 4) is 11.5 Å². The Morgan fingerprint density at radius 3 is 2.57 bits per heavy atom. The first kappa shape index (κ1) is 21.4. The van der Waals surface area contributed by atoms with E-state index in [-0.39, 0.29) is 13.2 Å². The molecule has 1 amide bonds. The van der Waals surface area contributed by atoms with Gasteiger partial charge in [0.2, 0.25) is 0 Å². The minimum absolute atomic E-state index is 0.0969. The van der Waals surface area contributed by atoms with E-state index in [0.29, 0.717) is 29.9 Å². The van der Waals surface area contributed by atoms with Crippen molar-refractivity contribution >= 4 is 5.91 Å². The normalized spacial score (nSPS) is 13.1. The molecule has 0 aliphatic rings. The second kappa shape index (κ2) is 11.8. The van der Waals surface area contributed by atoms with Crippen molar-refractivity contribution in [2.24, 2.45) is 0 Å². The molecule has 7 nitrogen and oxygen atoms in total. The molecule has 0 saturated heterocycles. The van der Waals surface area contributed by atoms with E-state index in [9.17, 15) is 9.90 Å². The molecule has 0 aliphatic heterocycles. The molecule has 0 saturated carbocycles. The lowest BCUT2D eigenvalue weighted by Crippen LogP contribution is -2.25. The largest absolute Gasteiger partial charge is 0.491 e. The maximum absolute atomic E-state index is 11.1. The lowest BCUT2D eigenvalue weighted by atomic mass is 10.00. The van der Waals surface area contributed by atoms with E-state index in [4.69, 9.17) is 19.8 Å². The molecule has 0 bridgehead atoms. The Morgan fingerprint density at radius 2 is 1.86 bits per heavy atom. The van der Waals surface area contributed by atoms with E-state index in [1.165, 1.54) is 11.6 Å². The highest BCUT2D eigenvalue weighted by molar-refractivity contribution is 5.86. The van der Waals surface area contributed by atoms with Crippen LogP contribution in [0.25, 0.3) is 0 Å². The molecule has 0 heterocycles. The van der Waals surface area contributed by atoms with Crippen LogP contribution in [0.5, 0.6) is 11.5 Å². The van der Waals surface area contributed by atoms with Gasteiger partial charge in [-0.3, -0.25) is 10.0 Å². The Kier molecular flexibility index (Phi) is 9.00. The van der Waals surface area contributed by atoms with Gasteiger partial charge in [-0.25, -0.2) is 5.48 Å². The number of aliphatic hydroxyl groups is 2. The SMILES string of the molecule is O=C(/C=C/CC[C@@H](Oc1ccccc1)[C@H](O)c1cccc(OCCO)c1)NO. The first-order chi connectivity index (χ1) is 13.6. The van der Waals surface area contributed by atoms with Crippen molar-refractivity contribution in [1.29, 1.82) is 0 Å². The van der Waals surface area contributed by atoms with Crippen LogP contribution in [-0.2, 0) is 4.79 Å². The van der Waals surface area contributed by atoms with Crippen molar-refractivity contribution in [2.45, 2.75) is 25.0 Å². The Labute approximate surface area is 163 Å². The third kappa shape index (κ3) is 7.03. The van der Waals surface area contributed by atoms with E-state index < -0.39 is 18.1 Å². The average Bonchev–Trinajstić information content (AvgIpc) is 2.74. The van der Waals surface area contributed by atoms with Gasteiger partial charge in [-0.1, -0.05) is 36.4 Å². The summed E-state index contributed by atoms with van der Waals surface area (Å²) in [6.07, 6.45) is 2.21. The minimum atomic E-state index is -0.932. The molecule has 0 fully saturated rings. The maximum Gasteiger partial charge on any atom is 0.267 e. The molecule has 150 valence electrons. The number of rotatable bonds is 11. The number of amides is 1. The first-order valence-corrected chi connectivity index (χ1v) is 8.98. The van der Waals surface area contributed by atoms with Gasteiger partial charge in [0.15, 0.2) is 0 Å². The lowest BCUT2D eigenvalue weighted by molar-refractivity contribution is -0.124. The third-order valence-electron chi connectivity index (χ3n) is 3.94. The zero-order valence-electron chi connectivity index (χ0n) is 15.4. The molecule has 2 rings (SSSR count). The molecular formula is C21H25NO6. The van der Waals surface area contributed by atoms with Crippen LogP contribution in [0.3, 0.4) is 0 Å². The van der Waals surface area contributed by atoms with Crippen LogP contribution in [0.2, 0.25) is 0 Å². The van der Waals surface area contributed by atoms with Gasteiger partial charge in [0.05, 0.1) is 6.61 Å². The number of benzene rings is 2. The van der Waals surface area contributed by atoms with Crippen LogP contribution in [0, 0.1) is 0 Å². The van der Waals surface area contributed by atoms with Gasteiger partial charge in [0.25, 0.3) is 5.91 Å². The van der Waals surface area contributed by atoms with Crippen molar-refractivity contribution < 1.29 is 29.7 Å². The maximum atomic E-state index is 11.1. The predicted octanol–water partition coefficient (Wildman–Crippen LogP) is 2.38. The summed E-state index contributed by atoms with van der Waals surface area (Å²) in [7, 11) is 0. The van der Waals surface area contributed by atoms with Gasteiger partial charge in [-0.2, -0.15) is 0 Å². The zero-order chi connectivity index (χ0) is 20.2. The van der Waals surface area contributed by atoms with E-state index >= 15 is 0 Å². The molecule has 7 heteroatoms. The summed E-state index contributed by atoms with van der Waals surface area (Å²) in [5.41, 5.74) is 2.15. The number of para-hydroxylation sites is 1. The summed E-state index contributed by atoms with van der Waals surface area (Å²) in [5, 5.41) is 28.3. The van der Waals surface area contributed by atoms with E-state index in [2.05, 4.69) is 0 Å². The number of hydroxylamine groups is 1. The molecule has 2 atom stereocenters. The second-order valence-corrected chi connectivity index (χ2v) is 6.01. The Balaban J connectivity index is 2.12. The van der Waals surface area contributed by atoms with Crippen LogP contribution in [0.1, 0.15) is 24.5 Å². The van der Waals surface area contributed by atoms with E-state index in [1.807, 2.05) is 18.2 Å². The van der Waals surface area contributed by atoms with Gasteiger partial charge < -0.3 is 19.7 Å². The molecule has 0 aromatic heterocycles. The van der Waals surface area contributed by atoms with Crippen LogP contribution >= 0.6 is 0 Å². The standard InChI is InChI=1S/C21H25NO6/c23-13-14-27-18-10-6-7-16(15-18)21(25)19(11-4-5-12-20(24)22-26)28-17-8-2-1-3-9-17/h1-3,5-10,12,15,19,21,23,25-26H,4,11,13-14H2,(H,22,24)/b12-5+/t19-,21-/m1/s1. The molecule has 0 aliphatic carbocycles. The Hall–Kier alpha value is -2.87. The number of ether oxygens (including phenoxy) is 2. The number of carbonyl (C=O) groups excluding carboxylic acids is 1. The Bertz CT molecular complexity index is 750. The van der Waals surface area contributed by atoms with Crippen molar-refractivity contribution in [3.63, 3.8) is 0 Å². The van der Waals surface area contributed by atoms with Crippen LogP contribution in [-0.4, -0.2) is 40.6 Å². The highest BCUT2D eigenvalue weighted by atomic mass is 16.5. The predicted molar refractivity (Wildman–Crippen MR) is 103 cm³/mol. The Morgan fingerprint density at radius 1 is 1.11 bits per heavy atom. The molecule has 28 heavy (non-hydrogen) atoms. The summed E-state index contributed by atoms with van der Waals surface area (Å²) in [5.74, 6) is 0.551. The van der Waals surface area contributed by atoms with Gasteiger partial charge >= 0.3 is 0 Å². The third-order valence-corrected chi connectivity index (χ3v) is 3.94.